The molecule has 0 bridgehead atoms. The van der Waals surface area contributed by atoms with Gasteiger partial charge in [-0.25, -0.2) is 0 Å². The summed E-state index contributed by atoms with van der Waals surface area (Å²) in [7, 11) is 1.83. The Balaban J connectivity index is 3.13. The predicted octanol–water partition coefficient (Wildman–Crippen LogP) is 2.71. The SMILES string of the molecule is CCSc1cccc(NC)c1C#N. The van der Waals surface area contributed by atoms with E-state index >= 15 is 0 Å². The summed E-state index contributed by atoms with van der Waals surface area (Å²) in [5.74, 6) is 0.988. The number of nitrogens with one attached hydrogen (secondary N) is 1. The first kappa shape index (κ1) is 9.94. The van der Waals surface area contributed by atoms with Crippen LogP contribution in [0.2, 0.25) is 0 Å². The average Bonchev–Trinajstić information content (AvgIpc) is 2.18. The van der Waals surface area contributed by atoms with Crippen LogP contribution in [0.3, 0.4) is 0 Å². The van der Waals surface area contributed by atoms with E-state index in [9.17, 15) is 0 Å². The summed E-state index contributed by atoms with van der Waals surface area (Å²) in [6.07, 6.45) is 0. The molecule has 0 spiro atoms. The predicted molar refractivity (Wildman–Crippen MR) is 57.1 cm³/mol. The van der Waals surface area contributed by atoms with Crippen LogP contribution in [0.4, 0.5) is 5.69 Å². The van der Waals surface area contributed by atoms with Crippen LogP contribution < -0.4 is 5.32 Å². The average molecular weight is 192 g/mol. The van der Waals surface area contributed by atoms with E-state index in [1.54, 1.807) is 11.8 Å². The summed E-state index contributed by atoms with van der Waals surface area (Å²) in [5, 5.41) is 12.0. The molecule has 0 aliphatic carbocycles. The van der Waals surface area contributed by atoms with Gasteiger partial charge >= 0.3 is 0 Å². The second-order valence-corrected chi connectivity index (χ2v) is 3.78. The quantitative estimate of drug-likeness (QED) is 0.748. The van der Waals surface area contributed by atoms with E-state index < -0.39 is 0 Å². The van der Waals surface area contributed by atoms with Crippen molar-refractivity contribution in [3.63, 3.8) is 0 Å². The first-order valence-electron chi connectivity index (χ1n) is 4.17. The van der Waals surface area contributed by atoms with Crippen molar-refractivity contribution in [2.45, 2.75) is 11.8 Å². The summed E-state index contributed by atoms with van der Waals surface area (Å²) in [4.78, 5) is 1.05. The number of nitriles is 1. The van der Waals surface area contributed by atoms with Crippen LogP contribution in [0.25, 0.3) is 0 Å². The van der Waals surface area contributed by atoms with Gasteiger partial charge in [0.25, 0.3) is 0 Å². The molecule has 3 heteroatoms. The monoisotopic (exact) mass is 192 g/mol. The maximum atomic E-state index is 8.95. The first-order valence-corrected chi connectivity index (χ1v) is 5.15. The Morgan fingerprint density at radius 2 is 2.31 bits per heavy atom. The minimum Gasteiger partial charge on any atom is -0.387 e. The van der Waals surface area contributed by atoms with E-state index in [1.807, 2.05) is 25.2 Å². The van der Waals surface area contributed by atoms with E-state index in [1.165, 1.54) is 0 Å². The summed E-state index contributed by atoms with van der Waals surface area (Å²) in [5.41, 5.74) is 1.65. The van der Waals surface area contributed by atoms with Gasteiger partial charge in [-0.2, -0.15) is 5.26 Å². The molecule has 0 heterocycles. The van der Waals surface area contributed by atoms with Crippen LogP contribution >= 0.6 is 11.8 Å². The fraction of sp³-hybridized carbons (Fsp3) is 0.300. The molecule has 0 unspecified atom stereocenters. The summed E-state index contributed by atoms with van der Waals surface area (Å²) in [6.45, 7) is 2.08. The summed E-state index contributed by atoms with van der Waals surface area (Å²) >= 11 is 1.69. The van der Waals surface area contributed by atoms with Crippen LogP contribution in [0.5, 0.6) is 0 Å². The van der Waals surface area contributed by atoms with Crippen molar-refractivity contribution in [3.8, 4) is 6.07 Å². The molecule has 13 heavy (non-hydrogen) atoms. The molecular weight excluding hydrogens is 180 g/mol. The van der Waals surface area contributed by atoms with E-state index in [2.05, 4.69) is 18.3 Å². The van der Waals surface area contributed by atoms with Crippen molar-refractivity contribution in [2.75, 3.05) is 18.1 Å². The molecule has 2 nitrogen and oxygen atoms in total. The number of benzene rings is 1. The smallest absolute Gasteiger partial charge is 0.102 e. The zero-order valence-electron chi connectivity index (χ0n) is 7.79. The normalized spacial score (nSPS) is 9.31. The lowest BCUT2D eigenvalue weighted by molar-refractivity contribution is 1.33. The highest BCUT2D eigenvalue weighted by Crippen LogP contribution is 2.27. The van der Waals surface area contributed by atoms with Crippen molar-refractivity contribution in [2.24, 2.45) is 0 Å². The highest BCUT2D eigenvalue weighted by Gasteiger charge is 2.05. The first-order chi connectivity index (χ1) is 6.33. The molecule has 0 aromatic heterocycles. The van der Waals surface area contributed by atoms with E-state index in [0.717, 1.165) is 21.9 Å². The highest BCUT2D eigenvalue weighted by molar-refractivity contribution is 7.99. The van der Waals surface area contributed by atoms with Crippen LogP contribution in [0, 0.1) is 11.3 Å². The lowest BCUT2D eigenvalue weighted by Crippen LogP contribution is -1.93. The fourth-order valence-electron chi connectivity index (χ4n) is 1.13. The largest absolute Gasteiger partial charge is 0.387 e. The molecule has 0 aliphatic rings. The molecule has 0 saturated carbocycles. The zero-order valence-corrected chi connectivity index (χ0v) is 8.61. The van der Waals surface area contributed by atoms with Crippen LogP contribution in [0.15, 0.2) is 23.1 Å². The highest BCUT2D eigenvalue weighted by atomic mass is 32.2. The number of thioether (sulfide) groups is 1. The third-order valence-corrected chi connectivity index (χ3v) is 2.65. The molecular formula is C10H12N2S. The second-order valence-electron chi connectivity index (χ2n) is 2.47. The van der Waals surface area contributed by atoms with Crippen molar-refractivity contribution in [1.82, 2.24) is 0 Å². The Morgan fingerprint density at radius 1 is 1.54 bits per heavy atom. The zero-order chi connectivity index (χ0) is 9.68. The van der Waals surface area contributed by atoms with Gasteiger partial charge in [0.05, 0.1) is 11.3 Å². The number of hydrogen-bond donors (Lipinski definition) is 1. The molecule has 0 aliphatic heterocycles. The van der Waals surface area contributed by atoms with Gasteiger partial charge in [-0.15, -0.1) is 11.8 Å². The lowest BCUT2D eigenvalue weighted by atomic mass is 10.2. The Labute approximate surface area is 83.0 Å². The molecule has 1 N–H and O–H groups in total. The molecule has 0 saturated heterocycles. The molecule has 1 aromatic rings. The summed E-state index contributed by atoms with van der Waals surface area (Å²) in [6, 6.07) is 8.07. The molecule has 68 valence electrons. The van der Waals surface area contributed by atoms with Crippen molar-refractivity contribution in [3.05, 3.63) is 23.8 Å². The Morgan fingerprint density at radius 3 is 2.85 bits per heavy atom. The van der Waals surface area contributed by atoms with Crippen molar-refractivity contribution < 1.29 is 0 Å². The topological polar surface area (TPSA) is 35.8 Å². The van der Waals surface area contributed by atoms with E-state index in [4.69, 9.17) is 5.26 Å². The maximum absolute atomic E-state index is 8.95. The van der Waals surface area contributed by atoms with E-state index in [-0.39, 0.29) is 0 Å². The third kappa shape index (κ3) is 2.16. The van der Waals surface area contributed by atoms with Gasteiger partial charge < -0.3 is 5.32 Å². The second kappa shape index (κ2) is 4.78. The minimum atomic E-state index is 0.747. The summed E-state index contributed by atoms with van der Waals surface area (Å²) < 4.78 is 0. The van der Waals surface area contributed by atoms with Gasteiger partial charge in [-0.05, 0) is 17.9 Å². The Bertz CT molecular complexity index is 328. The van der Waals surface area contributed by atoms with Gasteiger partial charge in [-0.3, -0.25) is 0 Å². The molecule has 1 rings (SSSR count). The van der Waals surface area contributed by atoms with Crippen molar-refractivity contribution in [1.29, 1.82) is 5.26 Å². The fourth-order valence-corrected chi connectivity index (χ4v) is 1.92. The molecule has 0 amide bonds. The van der Waals surface area contributed by atoms with Gasteiger partial charge in [0.2, 0.25) is 0 Å². The number of hydrogen-bond acceptors (Lipinski definition) is 3. The number of rotatable bonds is 3. The number of anilines is 1. The lowest BCUT2D eigenvalue weighted by Gasteiger charge is -2.06. The van der Waals surface area contributed by atoms with Gasteiger partial charge in [0.15, 0.2) is 0 Å². The number of nitrogens with zero attached hydrogens (tertiary/aromatic N) is 1. The molecule has 1 aromatic carbocycles. The minimum absolute atomic E-state index is 0.747. The van der Waals surface area contributed by atoms with Crippen molar-refractivity contribution >= 4 is 17.4 Å². The third-order valence-electron chi connectivity index (χ3n) is 1.71. The Kier molecular flexibility index (Phi) is 3.66. The maximum Gasteiger partial charge on any atom is 0.102 e. The van der Waals surface area contributed by atoms with Crippen LogP contribution in [-0.4, -0.2) is 12.8 Å². The van der Waals surface area contributed by atoms with Gasteiger partial charge in [-0.1, -0.05) is 13.0 Å². The van der Waals surface area contributed by atoms with Crippen LogP contribution in [0.1, 0.15) is 12.5 Å². The molecule has 0 atom stereocenters. The van der Waals surface area contributed by atoms with Gasteiger partial charge in [0, 0.05) is 11.9 Å². The molecule has 0 fully saturated rings. The van der Waals surface area contributed by atoms with Gasteiger partial charge in [0.1, 0.15) is 6.07 Å². The van der Waals surface area contributed by atoms with Crippen LogP contribution in [-0.2, 0) is 0 Å². The standard InChI is InChI=1S/C10H12N2S/c1-3-13-10-6-4-5-9(12-2)8(10)7-11/h4-6,12H,3H2,1-2H3. The molecule has 0 radical (unpaired) electrons. The van der Waals surface area contributed by atoms with E-state index in [0.29, 0.717) is 0 Å². The Hall–Kier alpha value is -1.14.